The Morgan fingerprint density at radius 2 is 2.14 bits per heavy atom. The van der Waals surface area contributed by atoms with E-state index in [9.17, 15) is 8.78 Å². The highest BCUT2D eigenvalue weighted by Crippen LogP contribution is 2.23. The van der Waals surface area contributed by atoms with Crippen molar-refractivity contribution in [2.24, 2.45) is 0 Å². The lowest BCUT2D eigenvalue weighted by atomic mass is 9.98. The summed E-state index contributed by atoms with van der Waals surface area (Å²) in [6, 6.07) is 6.22. The molecule has 1 saturated heterocycles. The Kier molecular flexibility index (Phi) is 4.83. The molecule has 1 aliphatic heterocycles. The molecule has 0 bridgehead atoms. The van der Waals surface area contributed by atoms with Crippen molar-refractivity contribution in [2.75, 3.05) is 6.54 Å². The van der Waals surface area contributed by atoms with E-state index in [0.717, 1.165) is 38.4 Å². The first-order valence-corrected chi connectivity index (χ1v) is 7.88. The van der Waals surface area contributed by atoms with E-state index in [1.165, 1.54) is 12.5 Å². The van der Waals surface area contributed by atoms with Crippen molar-refractivity contribution in [3.8, 4) is 0 Å². The van der Waals surface area contributed by atoms with E-state index < -0.39 is 11.6 Å². The van der Waals surface area contributed by atoms with E-state index in [-0.39, 0.29) is 0 Å². The summed E-state index contributed by atoms with van der Waals surface area (Å²) in [5, 5.41) is 4.23. The molecule has 1 fully saturated rings. The average molecular weight is 305 g/mol. The maximum atomic E-state index is 13.9. The molecule has 0 aliphatic carbocycles. The van der Waals surface area contributed by atoms with Gasteiger partial charge in [0.15, 0.2) is 0 Å². The van der Waals surface area contributed by atoms with Crippen molar-refractivity contribution < 1.29 is 8.78 Å². The zero-order valence-electron chi connectivity index (χ0n) is 12.6. The van der Waals surface area contributed by atoms with Gasteiger partial charge < -0.3 is 0 Å². The minimum Gasteiger partial charge on any atom is -0.296 e. The lowest BCUT2D eigenvalue weighted by Crippen LogP contribution is -2.39. The Bertz CT molecular complexity index is 598. The predicted molar refractivity (Wildman–Crippen MR) is 81.3 cm³/mol. The summed E-state index contributed by atoms with van der Waals surface area (Å²) < 4.78 is 28.8. The molecule has 0 spiro atoms. The summed E-state index contributed by atoms with van der Waals surface area (Å²) in [6.07, 6.45) is 8.24. The third kappa shape index (κ3) is 3.71. The number of nitrogens with zero attached hydrogens (tertiary/aromatic N) is 3. The molecule has 1 aromatic heterocycles. The van der Waals surface area contributed by atoms with Crippen molar-refractivity contribution in [1.29, 1.82) is 0 Å². The number of rotatable bonds is 5. The van der Waals surface area contributed by atoms with Gasteiger partial charge in [-0.2, -0.15) is 5.10 Å². The fourth-order valence-corrected chi connectivity index (χ4v) is 3.18. The number of hydrogen-bond acceptors (Lipinski definition) is 2. The molecule has 3 nitrogen and oxygen atoms in total. The van der Waals surface area contributed by atoms with E-state index in [2.05, 4.69) is 10.00 Å². The van der Waals surface area contributed by atoms with E-state index in [1.807, 2.05) is 16.9 Å². The van der Waals surface area contributed by atoms with Crippen LogP contribution >= 0.6 is 0 Å². The Morgan fingerprint density at radius 1 is 1.23 bits per heavy atom. The van der Waals surface area contributed by atoms with Crippen LogP contribution in [0.5, 0.6) is 0 Å². The largest absolute Gasteiger partial charge is 0.296 e. The number of benzene rings is 1. The van der Waals surface area contributed by atoms with Crippen LogP contribution < -0.4 is 0 Å². The van der Waals surface area contributed by atoms with E-state index in [4.69, 9.17) is 0 Å². The summed E-state index contributed by atoms with van der Waals surface area (Å²) in [6.45, 7) is 2.40. The Balaban J connectivity index is 1.64. The molecule has 118 valence electrons. The molecular formula is C17H21F2N3. The average Bonchev–Trinajstić information content (AvgIpc) is 3.02. The fourth-order valence-electron chi connectivity index (χ4n) is 3.18. The van der Waals surface area contributed by atoms with Crippen molar-refractivity contribution in [1.82, 2.24) is 14.7 Å². The van der Waals surface area contributed by atoms with Crippen LogP contribution in [0.1, 0.15) is 31.2 Å². The van der Waals surface area contributed by atoms with Crippen molar-refractivity contribution in [3.05, 3.63) is 53.9 Å². The maximum absolute atomic E-state index is 13.9. The van der Waals surface area contributed by atoms with Crippen molar-refractivity contribution >= 4 is 0 Å². The van der Waals surface area contributed by atoms with Gasteiger partial charge in [0, 0.05) is 43.2 Å². The molecule has 0 N–H and O–H groups in total. The maximum Gasteiger partial charge on any atom is 0.130 e. The quantitative estimate of drug-likeness (QED) is 0.841. The van der Waals surface area contributed by atoms with Crippen molar-refractivity contribution in [2.45, 2.75) is 44.8 Å². The second kappa shape index (κ2) is 7.01. The van der Waals surface area contributed by atoms with Gasteiger partial charge in [0.25, 0.3) is 0 Å². The lowest BCUT2D eigenvalue weighted by molar-refractivity contribution is 0.126. The first kappa shape index (κ1) is 15.2. The number of hydrogen-bond donors (Lipinski definition) is 0. The molecule has 1 aromatic carbocycles. The number of aryl methyl sites for hydroxylation is 1. The zero-order chi connectivity index (χ0) is 15.4. The topological polar surface area (TPSA) is 21.1 Å². The fraction of sp³-hybridized carbons (Fsp3) is 0.471. The molecule has 1 atom stereocenters. The van der Waals surface area contributed by atoms with Gasteiger partial charge in [0.1, 0.15) is 11.6 Å². The molecule has 2 heterocycles. The van der Waals surface area contributed by atoms with Crippen LogP contribution in [0, 0.1) is 11.6 Å². The van der Waals surface area contributed by atoms with Gasteiger partial charge in [-0.25, -0.2) is 8.78 Å². The summed E-state index contributed by atoms with van der Waals surface area (Å²) in [5.41, 5.74) is 0.576. The lowest BCUT2D eigenvalue weighted by Gasteiger charge is -2.36. The molecule has 1 aliphatic rings. The van der Waals surface area contributed by atoms with Crippen LogP contribution in [0.2, 0.25) is 0 Å². The molecule has 5 heteroatoms. The number of likely N-dealkylation sites (tertiary alicyclic amines) is 1. The summed E-state index contributed by atoms with van der Waals surface area (Å²) in [5.74, 6) is -0.966. The van der Waals surface area contributed by atoms with Gasteiger partial charge in [-0.05, 0) is 37.9 Å². The van der Waals surface area contributed by atoms with Crippen LogP contribution in [0.4, 0.5) is 8.78 Å². The molecule has 2 aromatic rings. The molecule has 1 unspecified atom stereocenters. The molecule has 3 rings (SSSR count). The van der Waals surface area contributed by atoms with Crippen LogP contribution in [0.15, 0.2) is 36.7 Å². The summed E-state index contributed by atoms with van der Waals surface area (Å²) in [7, 11) is 0. The third-order valence-corrected chi connectivity index (χ3v) is 4.39. The Labute approximate surface area is 129 Å². The van der Waals surface area contributed by atoms with Gasteiger partial charge in [0.2, 0.25) is 0 Å². The van der Waals surface area contributed by atoms with Crippen LogP contribution in [0.3, 0.4) is 0 Å². The first-order chi connectivity index (χ1) is 10.7. The number of halogens is 2. The second-order valence-corrected chi connectivity index (χ2v) is 5.91. The molecule has 0 amide bonds. The Hall–Kier alpha value is -1.75. The van der Waals surface area contributed by atoms with Crippen LogP contribution in [0.25, 0.3) is 0 Å². The first-order valence-electron chi connectivity index (χ1n) is 7.88. The van der Waals surface area contributed by atoms with E-state index >= 15 is 0 Å². The molecule has 0 radical (unpaired) electrons. The number of aromatic nitrogens is 2. The SMILES string of the molecule is Fc1ccc(CN2CCCCC2CCn2cccn2)c(F)c1. The molecular weight excluding hydrogens is 284 g/mol. The van der Waals surface area contributed by atoms with Gasteiger partial charge in [0.05, 0.1) is 0 Å². The van der Waals surface area contributed by atoms with E-state index in [1.54, 1.807) is 12.3 Å². The van der Waals surface area contributed by atoms with Gasteiger partial charge in [-0.1, -0.05) is 12.5 Å². The highest BCUT2D eigenvalue weighted by atomic mass is 19.1. The van der Waals surface area contributed by atoms with Gasteiger partial charge >= 0.3 is 0 Å². The molecule has 22 heavy (non-hydrogen) atoms. The van der Waals surface area contributed by atoms with Crippen LogP contribution in [-0.2, 0) is 13.1 Å². The van der Waals surface area contributed by atoms with Gasteiger partial charge in [-0.15, -0.1) is 0 Å². The highest BCUT2D eigenvalue weighted by molar-refractivity contribution is 5.18. The predicted octanol–water partition coefficient (Wildman–Crippen LogP) is 3.61. The summed E-state index contributed by atoms with van der Waals surface area (Å²) in [4.78, 5) is 2.32. The molecule has 0 saturated carbocycles. The summed E-state index contributed by atoms with van der Waals surface area (Å²) >= 11 is 0. The zero-order valence-corrected chi connectivity index (χ0v) is 12.6. The smallest absolute Gasteiger partial charge is 0.130 e. The highest BCUT2D eigenvalue weighted by Gasteiger charge is 2.23. The Morgan fingerprint density at radius 3 is 2.91 bits per heavy atom. The normalized spacial score (nSPS) is 19.5. The number of piperidine rings is 1. The second-order valence-electron chi connectivity index (χ2n) is 5.91. The third-order valence-electron chi connectivity index (χ3n) is 4.39. The minimum absolute atomic E-state index is 0.433. The standard InChI is InChI=1S/C17H21F2N3/c18-15-6-5-14(17(19)12-15)13-21-9-2-1-4-16(21)7-11-22-10-3-8-20-22/h3,5-6,8,10,12,16H,1-2,4,7,9,11,13H2. The van der Waals surface area contributed by atoms with Crippen molar-refractivity contribution in [3.63, 3.8) is 0 Å². The van der Waals surface area contributed by atoms with E-state index in [0.29, 0.717) is 18.2 Å². The van der Waals surface area contributed by atoms with Crippen LogP contribution in [-0.4, -0.2) is 27.3 Å². The monoisotopic (exact) mass is 305 g/mol. The minimum atomic E-state index is -0.518. The van der Waals surface area contributed by atoms with Gasteiger partial charge in [-0.3, -0.25) is 9.58 Å².